The highest BCUT2D eigenvalue weighted by molar-refractivity contribution is 7.99. The Morgan fingerprint density at radius 1 is 1.57 bits per heavy atom. The largest absolute Gasteiger partial charge is 0.329 e. The second-order valence-corrected chi connectivity index (χ2v) is 5.25. The van der Waals surface area contributed by atoms with Gasteiger partial charge in [0.2, 0.25) is 0 Å². The van der Waals surface area contributed by atoms with Crippen molar-refractivity contribution in [3.63, 3.8) is 0 Å². The van der Waals surface area contributed by atoms with Crippen LogP contribution in [0, 0.1) is 0 Å². The molecule has 0 radical (unpaired) electrons. The molecule has 1 aliphatic rings. The van der Waals surface area contributed by atoms with Crippen LogP contribution in [0.25, 0.3) is 0 Å². The zero-order valence-electron chi connectivity index (χ0n) is 8.52. The molecule has 1 aromatic heterocycles. The van der Waals surface area contributed by atoms with Gasteiger partial charge >= 0.3 is 0 Å². The Labute approximate surface area is 89.1 Å². The van der Waals surface area contributed by atoms with E-state index in [4.69, 9.17) is 5.73 Å². The third kappa shape index (κ3) is 2.30. The van der Waals surface area contributed by atoms with Gasteiger partial charge in [0.15, 0.2) is 5.16 Å². The van der Waals surface area contributed by atoms with Crippen LogP contribution in [0.1, 0.15) is 25.7 Å². The lowest BCUT2D eigenvalue weighted by atomic mass is 9.96. The summed E-state index contributed by atoms with van der Waals surface area (Å²) in [6, 6.07) is 0.404. The fraction of sp³-hybridized carbons (Fsp3) is 0.700. The minimum atomic E-state index is 0.404. The summed E-state index contributed by atoms with van der Waals surface area (Å²) in [6.07, 6.45) is 8.72. The monoisotopic (exact) mass is 211 g/mol. The molecule has 0 spiro atoms. The zero-order chi connectivity index (χ0) is 9.97. The fourth-order valence-corrected chi connectivity index (χ4v) is 3.18. The summed E-state index contributed by atoms with van der Waals surface area (Å²) in [4.78, 5) is 4.32. The number of imidazole rings is 1. The second-order valence-electron chi connectivity index (χ2n) is 3.99. The van der Waals surface area contributed by atoms with E-state index in [-0.39, 0.29) is 0 Å². The van der Waals surface area contributed by atoms with Crippen molar-refractivity contribution in [1.29, 1.82) is 0 Å². The molecular weight excluding hydrogens is 194 g/mol. The SMILES string of the molecule is Cn1ccnc1SC1CCCC(N)C1. The smallest absolute Gasteiger partial charge is 0.167 e. The molecule has 1 fully saturated rings. The van der Waals surface area contributed by atoms with Crippen LogP contribution in [-0.2, 0) is 7.05 Å². The predicted molar refractivity (Wildman–Crippen MR) is 59.3 cm³/mol. The molecule has 0 aliphatic heterocycles. The Morgan fingerprint density at radius 3 is 3.07 bits per heavy atom. The average Bonchev–Trinajstić information content (AvgIpc) is 2.52. The first-order valence-corrected chi connectivity index (χ1v) is 6.03. The van der Waals surface area contributed by atoms with Crippen LogP contribution in [0.2, 0.25) is 0 Å². The van der Waals surface area contributed by atoms with E-state index in [1.165, 1.54) is 19.3 Å². The van der Waals surface area contributed by atoms with E-state index in [1.807, 2.05) is 31.2 Å². The standard InChI is InChI=1S/C10H17N3S/c1-13-6-5-12-10(13)14-9-4-2-3-8(11)7-9/h5-6,8-9H,2-4,7,11H2,1H3. The fourth-order valence-electron chi connectivity index (χ4n) is 1.90. The molecule has 3 nitrogen and oxygen atoms in total. The van der Waals surface area contributed by atoms with Crippen LogP contribution < -0.4 is 5.73 Å². The van der Waals surface area contributed by atoms with E-state index in [2.05, 4.69) is 9.55 Å². The number of hydrogen-bond acceptors (Lipinski definition) is 3. The lowest BCUT2D eigenvalue weighted by molar-refractivity contribution is 0.450. The summed E-state index contributed by atoms with van der Waals surface area (Å²) >= 11 is 1.87. The summed E-state index contributed by atoms with van der Waals surface area (Å²) in [5.41, 5.74) is 5.95. The van der Waals surface area contributed by atoms with Gasteiger partial charge in [-0.05, 0) is 19.3 Å². The highest BCUT2D eigenvalue weighted by atomic mass is 32.2. The van der Waals surface area contributed by atoms with Crippen molar-refractivity contribution in [3.8, 4) is 0 Å². The number of rotatable bonds is 2. The van der Waals surface area contributed by atoms with Crippen molar-refractivity contribution in [2.45, 2.75) is 42.1 Å². The van der Waals surface area contributed by atoms with E-state index < -0.39 is 0 Å². The molecule has 2 N–H and O–H groups in total. The summed E-state index contributed by atoms with van der Waals surface area (Å²) in [5.74, 6) is 0. The number of aromatic nitrogens is 2. The van der Waals surface area contributed by atoms with Gasteiger partial charge in [-0.15, -0.1) is 0 Å². The normalized spacial score (nSPS) is 27.9. The van der Waals surface area contributed by atoms with E-state index in [0.29, 0.717) is 11.3 Å². The Kier molecular flexibility index (Phi) is 3.13. The van der Waals surface area contributed by atoms with Crippen molar-refractivity contribution >= 4 is 11.8 Å². The third-order valence-electron chi connectivity index (χ3n) is 2.72. The van der Waals surface area contributed by atoms with E-state index in [0.717, 1.165) is 11.6 Å². The van der Waals surface area contributed by atoms with Gasteiger partial charge in [0.1, 0.15) is 0 Å². The lowest BCUT2D eigenvalue weighted by Gasteiger charge is -2.25. The second kappa shape index (κ2) is 4.36. The van der Waals surface area contributed by atoms with Crippen LogP contribution >= 0.6 is 11.8 Å². The Balaban J connectivity index is 1.94. The molecule has 2 rings (SSSR count). The van der Waals surface area contributed by atoms with E-state index in [1.54, 1.807) is 0 Å². The predicted octanol–water partition coefficient (Wildman–Crippen LogP) is 1.78. The zero-order valence-corrected chi connectivity index (χ0v) is 9.33. The van der Waals surface area contributed by atoms with Crippen LogP contribution in [0.5, 0.6) is 0 Å². The van der Waals surface area contributed by atoms with Crippen LogP contribution in [-0.4, -0.2) is 20.8 Å². The molecule has 0 amide bonds. The molecule has 0 aromatic carbocycles. The highest BCUT2D eigenvalue weighted by Crippen LogP contribution is 2.31. The summed E-state index contributed by atoms with van der Waals surface area (Å²) in [5, 5.41) is 1.78. The maximum Gasteiger partial charge on any atom is 0.167 e. The molecule has 1 aliphatic carbocycles. The van der Waals surface area contributed by atoms with Gasteiger partial charge in [-0.2, -0.15) is 0 Å². The van der Waals surface area contributed by atoms with E-state index in [9.17, 15) is 0 Å². The molecule has 2 unspecified atom stereocenters. The van der Waals surface area contributed by atoms with Crippen LogP contribution in [0.15, 0.2) is 17.6 Å². The van der Waals surface area contributed by atoms with Gasteiger partial charge < -0.3 is 10.3 Å². The van der Waals surface area contributed by atoms with Crippen molar-refractivity contribution in [3.05, 3.63) is 12.4 Å². The summed E-state index contributed by atoms with van der Waals surface area (Å²) in [6.45, 7) is 0. The Bertz CT molecular complexity index is 297. The third-order valence-corrected chi connectivity index (χ3v) is 4.08. The van der Waals surface area contributed by atoms with Gasteiger partial charge in [0.25, 0.3) is 0 Å². The van der Waals surface area contributed by atoms with Crippen molar-refractivity contribution in [1.82, 2.24) is 9.55 Å². The van der Waals surface area contributed by atoms with E-state index >= 15 is 0 Å². The first kappa shape index (κ1) is 10.1. The van der Waals surface area contributed by atoms with Crippen LogP contribution in [0.4, 0.5) is 0 Å². The number of hydrogen-bond donors (Lipinski definition) is 1. The van der Waals surface area contributed by atoms with Gasteiger partial charge in [-0.3, -0.25) is 0 Å². The maximum absolute atomic E-state index is 5.95. The minimum Gasteiger partial charge on any atom is -0.329 e. The number of aryl methyl sites for hydroxylation is 1. The molecule has 1 saturated carbocycles. The molecule has 4 heteroatoms. The number of thioether (sulfide) groups is 1. The first-order chi connectivity index (χ1) is 6.75. The van der Waals surface area contributed by atoms with Gasteiger partial charge in [-0.25, -0.2) is 4.98 Å². The molecule has 78 valence electrons. The Hall–Kier alpha value is -0.480. The van der Waals surface area contributed by atoms with Gasteiger partial charge in [0.05, 0.1) is 0 Å². The lowest BCUT2D eigenvalue weighted by Crippen LogP contribution is -2.29. The van der Waals surface area contributed by atoms with Gasteiger partial charge in [0, 0.05) is 30.7 Å². The van der Waals surface area contributed by atoms with Crippen molar-refractivity contribution in [2.24, 2.45) is 12.8 Å². The number of nitrogens with zero attached hydrogens (tertiary/aromatic N) is 2. The van der Waals surface area contributed by atoms with Gasteiger partial charge in [-0.1, -0.05) is 18.2 Å². The molecule has 2 atom stereocenters. The molecule has 0 bridgehead atoms. The van der Waals surface area contributed by atoms with Crippen LogP contribution in [0.3, 0.4) is 0 Å². The summed E-state index contributed by atoms with van der Waals surface area (Å²) < 4.78 is 2.07. The molecular formula is C10H17N3S. The highest BCUT2D eigenvalue weighted by Gasteiger charge is 2.21. The van der Waals surface area contributed by atoms with Crippen molar-refractivity contribution in [2.75, 3.05) is 0 Å². The first-order valence-electron chi connectivity index (χ1n) is 5.15. The van der Waals surface area contributed by atoms with Crippen molar-refractivity contribution < 1.29 is 0 Å². The molecule has 1 aromatic rings. The summed E-state index contributed by atoms with van der Waals surface area (Å²) in [7, 11) is 2.04. The maximum atomic E-state index is 5.95. The number of nitrogens with two attached hydrogens (primary N) is 1. The average molecular weight is 211 g/mol. The minimum absolute atomic E-state index is 0.404. The topological polar surface area (TPSA) is 43.8 Å². The molecule has 1 heterocycles. The molecule has 0 saturated heterocycles. The Morgan fingerprint density at radius 2 is 2.43 bits per heavy atom. The molecule has 14 heavy (non-hydrogen) atoms. The quantitative estimate of drug-likeness (QED) is 0.811.